The third kappa shape index (κ3) is 3.52. The van der Waals surface area contributed by atoms with Gasteiger partial charge in [-0.05, 0) is 30.9 Å². The van der Waals surface area contributed by atoms with Gasteiger partial charge in [0.2, 0.25) is 0 Å². The van der Waals surface area contributed by atoms with Crippen molar-refractivity contribution in [3.63, 3.8) is 0 Å². The molecule has 1 aromatic carbocycles. The first-order chi connectivity index (χ1) is 13.0. The van der Waals surface area contributed by atoms with Gasteiger partial charge in [0.25, 0.3) is 5.56 Å². The highest BCUT2D eigenvalue weighted by Gasteiger charge is 2.28. The second-order valence-corrected chi connectivity index (χ2v) is 6.99. The fraction of sp³-hybridized carbons (Fsp3) is 0.450. The molecule has 0 bridgehead atoms. The number of aromatic nitrogens is 2. The van der Waals surface area contributed by atoms with Gasteiger partial charge in [0.15, 0.2) is 5.56 Å². The number of anilines is 1. The van der Waals surface area contributed by atoms with Gasteiger partial charge in [-0.3, -0.25) is 13.9 Å². The van der Waals surface area contributed by atoms with E-state index >= 15 is 0 Å². The van der Waals surface area contributed by atoms with Gasteiger partial charge in [-0.15, -0.1) is 0 Å². The Morgan fingerprint density at radius 3 is 2.48 bits per heavy atom. The van der Waals surface area contributed by atoms with Crippen molar-refractivity contribution in [2.75, 3.05) is 11.4 Å². The molecule has 1 saturated carbocycles. The second-order valence-electron chi connectivity index (χ2n) is 6.99. The molecule has 1 fully saturated rings. The normalized spacial score (nSPS) is 14.3. The van der Waals surface area contributed by atoms with Gasteiger partial charge in [0.05, 0.1) is 0 Å². The number of halogens is 1. The van der Waals surface area contributed by atoms with Crippen molar-refractivity contribution in [3.8, 4) is 6.07 Å². The lowest BCUT2D eigenvalue weighted by Gasteiger charge is -2.33. The molecule has 0 spiro atoms. The number of rotatable bonds is 5. The summed E-state index contributed by atoms with van der Waals surface area (Å²) in [5.41, 5.74) is -0.528. The molecule has 0 radical (unpaired) electrons. The van der Waals surface area contributed by atoms with Crippen molar-refractivity contribution < 1.29 is 4.39 Å². The van der Waals surface area contributed by atoms with Crippen LogP contribution >= 0.6 is 0 Å². The smallest absolute Gasteiger partial charge is 0.332 e. The van der Waals surface area contributed by atoms with Crippen LogP contribution in [-0.2, 0) is 20.5 Å². The molecule has 1 aliphatic carbocycles. The van der Waals surface area contributed by atoms with Gasteiger partial charge in [-0.25, -0.2) is 9.18 Å². The molecule has 1 aromatic heterocycles. The van der Waals surface area contributed by atoms with E-state index in [2.05, 4.69) is 0 Å². The fourth-order valence-corrected chi connectivity index (χ4v) is 3.89. The lowest BCUT2D eigenvalue weighted by atomic mass is 10.1. The average Bonchev–Trinajstić information content (AvgIpc) is 3.20. The molecule has 142 valence electrons. The van der Waals surface area contributed by atoms with E-state index in [1.165, 1.54) is 17.7 Å². The zero-order valence-electron chi connectivity index (χ0n) is 15.6. The van der Waals surface area contributed by atoms with E-state index in [4.69, 9.17) is 0 Å². The Hall–Kier alpha value is -2.88. The van der Waals surface area contributed by atoms with Crippen molar-refractivity contribution in [1.82, 2.24) is 9.13 Å². The Morgan fingerprint density at radius 1 is 1.19 bits per heavy atom. The molecule has 2 aromatic rings. The summed E-state index contributed by atoms with van der Waals surface area (Å²) in [6.45, 7) is 0.431. The summed E-state index contributed by atoms with van der Waals surface area (Å²) >= 11 is 0. The summed E-state index contributed by atoms with van der Waals surface area (Å²) in [5, 5.41) is 9.59. The molecule has 6 nitrogen and oxygen atoms in total. The Labute approximate surface area is 157 Å². The van der Waals surface area contributed by atoms with E-state index < -0.39 is 11.2 Å². The summed E-state index contributed by atoms with van der Waals surface area (Å²) < 4.78 is 16.4. The predicted octanol–water partition coefficient (Wildman–Crippen LogP) is 2.09. The number of nitrogens with zero attached hydrogens (tertiary/aromatic N) is 4. The maximum Gasteiger partial charge on any atom is 0.332 e. The van der Waals surface area contributed by atoms with Crippen molar-refractivity contribution in [2.24, 2.45) is 14.1 Å². The second kappa shape index (κ2) is 7.78. The van der Waals surface area contributed by atoms with Gasteiger partial charge < -0.3 is 4.90 Å². The maximum atomic E-state index is 14.0. The lowest BCUT2D eigenvalue weighted by Crippen LogP contribution is -2.45. The van der Waals surface area contributed by atoms with Crippen LogP contribution in [0.15, 0.2) is 33.9 Å². The Kier molecular flexibility index (Phi) is 5.45. The molecule has 0 unspecified atom stereocenters. The maximum absolute atomic E-state index is 14.0. The summed E-state index contributed by atoms with van der Waals surface area (Å²) in [6, 6.07) is 8.69. The highest BCUT2D eigenvalue weighted by Crippen LogP contribution is 2.29. The molecular weight excluding hydrogens is 347 g/mol. The minimum atomic E-state index is -0.593. The predicted molar refractivity (Wildman–Crippen MR) is 101 cm³/mol. The first kappa shape index (κ1) is 18.9. The molecule has 0 saturated heterocycles. The molecule has 27 heavy (non-hydrogen) atoms. The van der Waals surface area contributed by atoms with Gasteiger partial charge in [0, 0.05) is 26.7 Å². The van der Waals surface area contributed by atoms with E-state index in [0.29, 0.717) is 24.3 Å². The van der Waals surface area contributed by atoms with Crippen LogP contribution in [0.3, 0.4) is 0 Å². The first-order valence-corrected chi connectivity index (χ1v) is 9.16. The van der Waals surface area contributed by atoms with Crippen molar-refractivity contribution in [2.45, 2.75) is 38.1 Å². The molecule has 0 N–H and O–H groups in total. The molecular formula is C20H23FN4O2. The molecule has 7 heteroatoms. The monoisotopic (exact) mass is 370 g/mol. The number of nitriles is 1. The fourth-order valence-electron chi connectivity index (χ4n) is 3.89. The van der Waals surface area contributed by atoms with E-state index in [0.717, 1.165) is 30.3 Å². The van der Waals surface area contributed by atoms with Gasteiger partial charge >= 0.3 is 5.69 Å². The van der Waals surface area contributed by atoms with Crippen molar-refractivity contribution in [3.05, 3.63) is 62.0 Å². The Morgan fingerprint density at radius 2 is 1.85 bits per heavy atom. The van der Waals surface area contributed by atoms with Gasteiger partial charge in [0.1, 0.15) is 17.7 Å². The zero-order chi connectivity index (χ0) is 19.6. The van der Waals surface area contributed by atoms with E-state index in [-0.39, 0.29) is 17.4 Å². The van der Waals surface area contributed by atoms with Crippen LogP contribution in [0, 0.1) is 17.1 Å². The van der Waals surface area contributed by atoms with E-state index in [1.54, 1.807) is 25.2 Å². The Balaban J connectivity index is 2.07. The first-order valence-electron chi connectivity index (χ1n) is 9.16. The zero-order valence-corrected chi connectivity index (χ0v) is 15.6. The van der Waals surface area contributed by atoms with Crippen LogP contribution in [-0.4, -0.2) is 21.7 Å². The van der Waals surface area contributed by atoms with E-state index in [1.807, 2.05) is 11.0 Å². The SMILES string of the molecule is Cn1c(N(CCc2ccccc2F)C2CCCC2)c(C#N)c(=O)n(C)c1=O. The average molecular weight is 370 g/mol. The quantitative estimate of drug-likeness (QED) is 0.808. The van der Waals surface area contributed by atoms with Crippen molar-refractivity contribution in [1.29, 1.82) is 5.26 Å². The summed E-state index contributed by atoms with van der Waals surface area (Å²) in [6.07, 6.45) is 4.39. The molecule has 0 aliphatic heterocycles. The highest BCUT2D eigenvalue weighted by atomic mass is 19.1. The minimum Gasteiger partial charge on any atom is -0.353 e. The van der Waals surface area contributed by atoms with Crippen LogP contribution in [0.1, 0.15) is 36.8 Å². The highest BCUT2D eigenvalue weighted by molar-refractivity contribution is 5.54. The third-order valence-corrected chi connectivity index (χ3v) is 5.36. The molecule has 1 heterocycles. The Bertz CT molecular complexity index is 997. The van der Waals surface area contributed by atoms with Crippen LogP contribution in [0.25, 0.3) is 0 Å². The third-order valence-electron chi connectivity index (χ3n) is 5.36. The topological polar surface area (TPSA) is 71.0 Å². The van der Waals surface area contributed by atoms with Gasteiger partial charge in [-0.2, -0.15) is 5.26 Å². The lowest BCUT2D eigenvalue weighted by molar-refractivity contribution is 0.559. The number of hydrogen-bond acceptors (Lipinski definition) is 4. The van der Waals surface area contributed by atoms with E-state index in [9.17, 15) is 19.2 Å². The number of benzene rings is 1. The molecule has 3 rings (SSSR count). The largest absolute Gasteiger partial charge is 0.353 e. The standard InChI is InChI=1S/C20H23FN4O2/c1-23-18(16(13-22)19(26)24(2)20(23)27)25(15-8-4-5-9-15)12-11-14-7-3-6-10-17(14)21/h3,6-7,10,15H,4-5,8-9,11-12H2,1-2H3. The van der Waals surface area contributed by atoms with Crippen LogP contribution in [0.2, 0.25) is 0 Å². The molecule has 1 aliphatic rings. The van der Waals surface area contributed by atoms with Crippen LogP contribution in [0.4, 0.5) is 10.2 Å². The number of hydrogen-bond donors (Lipinski definition) is 0. The van der Waals surface area contributed by atoms with Gasteiger partial charge in [-0.1, -0.05) is 31.0 Å². The van der Waals surface area contributed by atoms with Crippen LogP contribution < -0.4 is 16.1 Å². The summed E-state index contributed by atoms with van der Waals surface area (Å²) in [7, 11) is 2.94. The van der Waals surface area contributed by atoms with Crippen LogP contribution in [0.5, 0.6) is 0 Å². The summed E-state index contributed by atoms with van der Waals surface area (Å²) in [4.78, 5) is 26.9. The minimum absolute atomic E-state index is 0.0416. The summed E-state index contributed by atoms with van der Waals surface area (Å²) in [5.74, 6) is 0.0658. The molecule has 0 amide bonds. The molecule has 0 atom stereocenters. The van der Waals surface area contributed by atoms with Crippen molar-refractivity contribution >= 4 is 5.82 Å².